The fourth-order valence-electron chi connectivity index (χ4n) is 1.94. The van der Waals surface area contributed by atoms with Gasteiger partial charge in [0.05, 0.1) is 17.8 Å². The van der Waals surface area contributed by atoms with Gasteiger partial charge in [-0.05, 0) is 24.3 Å². The Morgan fingerprint density at radius 1 is 1.19 bits per heavy atom. The third kappa shape index (κ3) is 3.28. The minimum absolute atomic E-state index is 0.214. The number of anilines is 1. The van der Waals surface area contributed by atoms with Gasteiger partial charge in [0.2, 0.25) is 0 Å². The van der Waals surface area contributed by atoms with Crippen LogP contribution < -0.4 is 10.6 Å². The lowest BCUT2D eigenvalue weighted by Gasteiger charge is -2.18. The number of rotatable bonds is 2. The van der Waals surface area contributed by atoms with Gasteiger partial charge in [-0.1, -0.05) is 36.1 Å². The molecule has 1 amide bonds. The van der Waals surface area contributed by atoms with E-state index in [1.54, 1.807) is 42.5 Å². The first-order valence-electron chi connectivity index (χ1n) is 6.45. The number of benzene rings is 2. The van der Waals surface area contributed by atoms with E-state index < -0.39 is 5.82 Å². The second kappa shape index (κ2) is 6.69. The summed E-state index contributed by atoms with van der Waals surface area (Å²) < 4.78 is 13.8. The van der Waals surface area contributed by atoms with Crippen LogP contribution in [0.15, 0.2) is 48.5 Å². The van der Waals surface area contributed by atoms with Gasteiger partial charge in [-0.15, -0.1) is 0 Å². The Labute approximate surface area is 123 Å². The maximum atomic E-state index is 13.8. The van der Waals surface area contributed by atoms with Crippen LogP contribution in [-0.4, -0.2) is 19.5 Å². The van der Waals surface area contributed by atoms with Crippen molar-refractivity contribution in [2.75, 3.05) is 18.5 Å². The van der Waals surface area contributed by atoms with Gasteiger partial charge in [-0.3, -0.25) is 4.79 Å². The van der Waals surface area contributed by atoms with Crippen LogP contribution >= 0.6 is 0 Å². The second-order valence-corrected chi connectivity index (χ2v) is 4.37. The van der Waals surface area contributed by atoms with Crippen molar-refractivity contribution in [2.45, 2.75) is 0 Å². The highest BCUT2D eigenvalue weighted by Gasteiger charge is 2.18. The number of carbonyl (C=O) groups excluding carboxylic acids is 1. The number of nitrogens with two attached hydrogens (primary N) is 1. The topological polar surface area (TPSA) is 46.3 Å². The summed E-state index contributed by atoms with van der Waals surface area (Å²) in [6.45, 7) is 0.214. The van der Waals surface area contributed by atoms with E-state index in [0.29, 0.717) is 11.1 Å². The number of hydrogen-bond donors (Lipinski definition) is 1. The average Bonchev–Trinajstić information content (AvgIpc) is 2.52. The van der Waals surface area contributed by atoms with Gasteiger partial charge in [-0.25, -0.2) is 4.39 Å². The number of halogens is 1. The van der Waals surface area contributed by atoms with E-state index >= 15 is 0 Å². The van der Waals surface area contributed by atoms with Crippen molar-refractivity contribution >= 4 is 11.6 Å². The Morgan fingerprint density at radius 3 is 2.57 bits per heavy atom. The summed E-state index contributed by atoms with van der Waals surface area (Å²) in [7, 11) is 1.54. The Kier molecular flexibility index (Phi) is 4.70. The van der Waals surface area contributed by atoms with Crippen LogP contribution in [0.4, 0.5) is 10.1 Å². The lowest BCUT2D eigenvalue weighted by molar-refractivity contribution is 0.0992. The fourth-order valence-corrected chi connectivity index (χ4v) is 1.94. The van der Waals surface area contributed by atoms with Crippen molar-refractivity contribution in [3.8, 4) is 11.8 Å². The maximum Gasteiger partial charge on any atom is 0.259 e. The standard InChI is InChI=1S/C17H15FN2O/c1-20(16-11-5-4-10-15(16)18)17(21)14-9-3-2-7-13(14)8-6-12-19/h2-5,7,9-11H,12,19H2,1H3. The van der Waals surface area contributed by atoms with Gasteiger partial charge < -0.3 is 10.6 Å². The van der Waals surface area contributed by atoms with Gasteiger partial charge in [0.1, 0.15) is 5.82 Å². The molecule has 0 aliphatic carbocycles. The van der Waals surface area contributed by atoms with Crippen LogP contribution in [0.1, 0.15) is 15.9 Å². The molecule has 0 radical (unpaired) electrons. The van der Waals surface area contributed by atoms with Crippen molar-refractivity contribution in [1.29, 1.82) is 0 Å². The van der Waals surface area contributed by atoms with Crippen molar-refractivity contribution in [3.63, 3.8) is 0 Å². The summed E-state index contributed by atoms with van der Waals surface area (Å²) in [6.07, 6.45) is 0. The molecule has 0 unspecified atom stereocenters. The van der Waals surface area contributed by atoms with E-state index in [0.717, 1.165) is 0 Å². The second-order valence-electron chi connectivity index (χ2n) is 4.37. The van der Waals surface area contributed by atoms with Crippen molar-refractivity contribution in [2.24, 2.45) is 5.73 Å². The molecule has 2 aromatic carbocycles. The zero-order valence-corrected chi connectivity index (χ0v) is 11.6. The van der Waals surface area contributed by atoms with Crippen LogP contribution in [0.25, 0.3) is 0 Å². The molecule has 0 saturated carbocycles. The Hall–Kier alpha value is -2.64. The molecule has 0 heterocycles. The number of amides is 1. The lowest BCUT2D eigenvalue weighted by Crippen LogP contribution is -2.27. The number of hydrogen-bond acceptors (Lipinski definition) is 2. The highest BCUT2D eigenvalue weighted by Crippen LogP contribution is 2.20. The molecule has 0 aliphatic heterocycles. The molecule has 0 fully saturated rings. The molecule has 3 nitrogen and oxygen atoms in total. The van der Waals surface area contributed by atoms with Crippen LogP contribution in [0.3, 0.4) is 0 Å². The third-order valence-electron chi connectivity index (χ3n) is 3.00. The Morgan fingerprint density at radius 2 is 1.86 bits per heavy atom. The molecule has 106 valence electrons. The van der Waals surface area contributed by atoms with E-state index in [2.05, 4.69) is 11.8 Å². The minimum atomic E-state index is -0.445. The van der Waals surface area contributed by atoms with Gasteiger partial charge in [-0.2, -0.15) is 0 Å². The van der Waals surface area contributed by atoms with E-state index in [9.17, 15) is 9.18 Å². The molecule has 2 rings (SSSR count). The largest absolute Gasteiger partial charge is 0.320 e. The molecule has 0 atom stereocenters. The molecular formula is C17H15FN2O. The summed E-state index contributed by atoms with van der Waals surface area (Å²) in [5.41, 5.74) is 6.58. The van der Waals surface area contributed by atoms with Crippen LogP contribution in [0.5, 0.6) is 0 Å². The van der Waals surface area contributed by atoms with Crippen molar-refractivity contribution in [3.05, 3.63) is 65.5 Å². The normalized spacial score (nSPS) is 9.67. The smallest absolute Gasteiger partial charge is 0.259 e. The monoisotopic (exact) mass is 282 g/mol. The first-order chi connectivity index (χ1) is 10.1. The zero-order valence-electron chi connectivity index (χ0n) is 11.6. The van der Waals surface area contributed by atoms with Gasteiger partial charge in [0.25, 0.3) is 5.91 Å². The molecule has 0 spiro atoms. The molecule has 21 heavy (non-hydrogen) atoms. The minimum Gasteiger partial charge on any atom is -0.320 e. The fraction of sp³-hybridized carbons (Fsp3) is 0.118. The predicted octanol–water partition coefficient (Wildman–Crippen LogP) is 2.41. The predicted molar refractivity (Wildman–Crippen MR) is 81.5 cm³/mol. The molecule has 0 bridgehead atoms. The molecule has 4 heteroatoms. The van der Waals surface area contributed by atoms with Crippen molar-refractivity contribution in [1.82, 2.24) is 0 Å². The van der Waals surface area contributed by atoms with Crippen LogP contribution in [0, 0.1) is 17.7 Å². The molecule has 2 N–H and O–H groups in total. The van der Waals surface area contributed by atoms with Gasteiger partial charge in [0, 0.05) is 12.6 Å². The summed E-state index contributed by atoms with van der Waals surface area (Å²) in [6, 6.07) is 13.1. The molecule has 0 saturated heterocycles. The highest BCUT2D eigenvalue weighted by molar-refractivity contribution is 6.07. The Balaban J connectivity index is 2.39. The third-order valence-corrected chi connectivity index (χ3v) is 3.00. The number of nitrogens with zero attached hydrogens (tertiary/aromatic N) is 1. The summed E-state index contributed by atoms with van der Waals surface area (Å²) in [5, 5.41) is 0. The van der Waals surface area contributed by atoms with Crippen molar-refractivity contribution < 1.29 is 9.18 Å². The summed E-state index contributed by atoms with van der Waals surface area (Å²) in [4.78, 5) is 13.8. The SMILES string of the molecule is CN(C(=O)c1ccccc1C#CCN)c1ccccc1F. The first kappa shape index (κ1) is 14.8. The highest BCUT2D eigenvalue weighted by atomic mass is 19.1. The van der Waals surface area contributed by atoms with Gasteiger partial charge >= 0.3 is 0 Å². The lowest BCUT2D eigenvalue weighted by atomic mass is 10.1. The quantitative estimate of drug-likeness (QED) is 0.860. The van der Waals surface area contributed by atoms with E-state index in [1.165, 1.54) is 18.0 Å². The van der Waals surface area contributed by atoms with E-state index in [4.69, 9.17) is 5.73 Å². The molecule has 2 aromatic rings. The summed E-state index contributed by atoms with van der Waals surface area (Å²) >= 11 is 0. The van der Waals surface area contributed by atoms with Crippen LogP contribution in [-0.2, 0) is 0 Å². The number of carbonyl (C=O) groups is 1. The Bertz CT molecular complexity index is 716. The zero-order chi connectivity index (χ0) is 15.2. The first-order valence-corrected chi connectivity index (χ1v) is 6.45. The number of para-hydroxylation sites is 1. The van der Waals surface area contributed by atoms with Gasteiger partial charge in [0.15, 0.2) is 0 Å². The molecular weight excluding hydrogens is 267 g/mol. The maximum absolute atomic E-state index is 13.8. The van der Waals surface area contributed by atoms with Crippen LogP contribution in [0.2, 0.25) is 0 Å². The molecule has 0 aromatic heterocycles. The van der Waals surface area contributed by atoms with E-state index in [1.807, 2.05) is 0 Å². The average molecular weight is 282 g/mol. The van der Waals surface area contributed by atoms with E-state index in [-0.39, 0.29) is 18.1 Å². The molecule has 0 aliphatic rings. The summed E-state index contributed by atoms with van der Waals surface area (Å²) in [5.74, 6) is 4.82.